The topological polar surface area (TPSA) is 79.2 Å². The number of rotatable bonds is 18. The molecule has 1 heterocycles. The highest BCUT2D eigenvalue weighted by atomic mass is 16.6. The lowest BCUT2D eigenvalue weighted by atomic mass is 10.0. The molecule has 0 unspecified atom stereocenters. The molecule has 1 saturated heterocycles. The average Bonchev–Trinajstić information content (AvgIpc) is 3.07. The number of aliphatic hydroxyl groups is 3. The summed E-state index contributed by atoms with van der Waals surface area (Å²) in [5.74, 6) is 0. The summed E-state index contributed by atoms with van der Waals surface area (Å²) in [6.07, 6.45) is 18.9. The summed E-state index contributed by atoms with van der Waals surface area (Å²) in [4.78, 5) is 0. The van der Waals surface area contributed by atoms with Crippen molar-refractivity contribution in [3.05, 3.63) is 12.3 Å². The maximum absolute atomic E-state index is 9.85. The molecule has 0 radical (unpaired) electrons. The molecule has 0 aromatic heterocycles. The molecule has 0 amide bonds. The predicted octanol–water partition coefficient (Wildman–Crippen LogP) is 4.48. The first-order valence-electron chi connectivity index (χ1n) is 11.6. The van der Waals surface area contributed by atoms with Crippen LogP contribution in [0.4, 0.5) is 0 Å². The lowest BCUT2D eigenvalue weighted by Crippen LogP contribution is -2.41. The Balaban J connectivity index is 1.90. The van der Waals surface area contributed by atoms with Crippen molar-refractivity contribution in [2.24, 2.45) is 0 Å². The summed E-state index contributed by atoms with van der Waals surface area (Å²) in [6.45, 7) is 1.99. The molecule has 0 spiro atoms. The van der Waals surface area contributed by atoms with Gasteiger partial charge in [0.15, 0.2) is 6.10 Å². The zero-order valence-electron chi connectivity index (χ0n) is 17.9. The molecule has 0 aromatic rings. The molecule has 5 heteroatoms. The van der Waals surface area contributed by atoms with Gasteiger partial charge in [0, 0.05) is 0 Å². The molecular formula is C23H44O5. The van der Waals surface area contributed by atoms with E-state index in [1.807, 2.05) is 6.08 Å². The van der Waals surface area contributed by atoms with Crippen molar-refractivity contribution in [1.29, 1.82) is 0 Å². The van der Waals surface area contributed by atoms with Crippen LogP contribution in [-0.4, -0.2) is 52.9 Å². The first-order chi connectivity index (χ1) is 13.7. The molecule has 4 atom stereocenters. The van der Waals surface area contributed by atoms with Crippen LogP contribution in [0.2, 0.25) is 0 Å². The molecule has 1 aliphatic heterocycles. The van der Waals surface area contributed by atoms with Crippen molar-refractivity contribution in [2.75, 3.05) is 13.2 Å². The monoisotopic (exact) mass is 400 g/mol. The lowest BCUT2D eigenvalue weighted by Gasteiger charge is -2.22. The summed E-state index contributed by atoms with van der Waals surface area (Å²) >= 11 is 0. The van der Waals surface area contributed by atoms with Gasteiger partial charge in [-0.15, -0.1) is 0 Å². The highest BCUT2D eigenvalue weighted by molar-refractivity contribution is 4.91. The van der Waals surface area contributed by atoms with Crippen molar-refractivity contribution < 1.29 is 24.8 Å². The van der Waals surface area contributed by atoms with Crippen LogP contribution in [0.25, 0.3) is 0 Å². The Hall–Kier alpha value is -0.620. The second-order valence-electron chi connectivity index (χ2n) is 8.12. The number of hydrogen-bond donors (Lipinski definition) is 3. The Bertz CT molecular complexity index is 374. The van der Waals surface area contributed by atoms with Gasteiger partial charge in [-0.2, -0.15) is 0 Å². The number of unbranched alkanes of at least 4 members (excludes halogenated alkanes) is 13. The molecule has 3 N–H and O–H groups in total. The smallest absolute Gasteiger partial charge is 0.154 e. The van der Waals surface area contributed by atoms with E-state index >= 15 is 0 Å². The van der Waals surface area contributed by atoms with Gasteiger partial charge in [-0.05, 0) is 18.9 Å². The summed E-state index contributed by atoms with van der Waals surface area (Å²) in [5, 5.41) is 28.6. The van der Waals surface area contributed by atoms with E-state index in [2.05, 4.69) is 6.92 Å². The number of ether oxygens (including phenoxy) is 2. The quantitative estimate of drug-likeness (QED) is 0.233. The van der Waals surface area contributed by atoms with E-state index in [0.717, 1.165) is 12.8 Å². The van der Waals surface area contributed by atoms with E-state index in [1.165, 1.54) is 77.0 Å². The molecule has 1 aliphatic rings. The van der Waals surface area contributed by atoms with Crippen LogP contribution < -0.4 is 0 Å². The Morgan fingerprint density at radius 2 is 1.46 bits per heavy atom. The number of hydrogen-bond acceptors (Lipinski definition) is 5. The Morgan fingerprint density at radius 3 is 2.00 bits per heavy atom. The summed E-state index contributed by atoms with van der Waals surface area (Å²) in [7, 11) is 0. The van der Waals surface area contributed by atoms with Crippen molar-refractivity contribution in [2.45, 2.75) is 121 Å². The first-order valence-corrected chi connectivity index (χ1v) is 11.6. The van der Waals surface area contributed by atoms with Crippen LogP contribution in [0.5, 0.6) is 0 Å². The Morgan fingerprint density at radius 1 is 0.929 bits per heavy atom. The van der Waals surface area contributed by atoms with Crippen molar-refractivity contribution in [3.63, 3.8) is 0 Å². The molecule has 1 fully saturated rings. The fourth-order valence-corrected chi connectivity index (χ4v) is 3.71. The van der Waals surface area contributed by atoms with E-state index < -0.39 is 31.0 Å². The van der Waals surface area contributed by atoms with Crippen LogP contribution in [0.1, 0.15) is 96.8 Å². The largest absolute Gasteiger partial charge is 0.493 e. The Kier molecular flexibility index (Phi) is 15.7. The van der Waals surface area contributed by atoms with Gasteiger partial charge in [0.05, 0.1) is 19.5 Å². The molecule has 0 bridgehead atoms. The second-order valence-corrected chi connectivity index (χ2v) is 8.12. The first kappa shape index (κ1) is 25.4. The summed E-state index contributed by atoms with van der Waals surface area (Å²) < 4.78 is 10.8. The minimum Gasteiger partial charge on any atom is -0.493 e. The minimum absolute atomic E-state index is 0.124. The van der Waals surface area contributed by atoms with Gasteiger partial charge < -0.3 is 24.8 Å². The van der Waals surface area contributed by atoms with Gasteiger partial charge in [0.2, 0.25) is 0 Å². The van der Waals surface area contributed by atoms with E-state index in [9.17, 15) is 10.2 Å². The van der Waals surface area contributed by atoms with Crippen LogP contribution in [-0.2, 0) is 9.47 Å². The van der Waals surface area contributed by atoms with Crippen LogP contribution in [0.3, 0.4) is 0 Å². The molecule has 5 nitrogen and oxygen atoms in total. The maximum atomic E-state index is 9.85. The molecule has 166 valence electrons. The van der Waals surface area contributed by atoms with Crippen molar-refractivity contribution in [1.82, 2.24) is 0 Å². The van der Waals surface area contributed by atoms with Gasteiger partial charge in [-0.3, -0.25) is 0 Å². The van der Waals surface area contributed by atoms with Crippen LogP contribution in [0.15, 0.2) is 12.3 Å². The normalized spacial score (nSPS) is 23.5. The standard InChI is InChI=1S/C23H44O5/c1-2-3-4-5-6-7-8-9-10-11-12-13-14-15-16-17-27-23-21(26)19-28-22(23)20(25)18-24/h16-17,20-26H,2-15,18-19H2,1H3/b17-16+/t20-,21+,22-,23-/m0/s1. The highest BCUT2D eigenvalue weighted by Crippen LogP contribution is 2.21. The minimum atomic E-state index is -1.03. The van der Waals surface area contributed by atoms with Gasteiger partial charge in [0.25, 0.3) is 0 Å². The zero-order valence-corrected chi connectivity index (χ0v) is 17.9. The third-order valence-electron chi connectivity index (χ3n) is 5.54. The van der Waals surface area contributed by atoms with Crippen LogP contribution in [0, 0.1) is 0 Å². The molecule has 0 aromatic carbocycles. The molecule has 1 rings (SSSR count). The van der Waals surface area contributed by atoms with E-state index in [4.69, 9.17) is 14.6 Å². The summed E-state index contributed by atoms with van der Waals surface area (Å²) in [6, 6.07) is 0. The van der Waals surface area contributed by atoms with Gasteiger partial charge in [-0.25, -0.2) is 0 Å². The predicted molar refractivity (Wildman–Crippen MR) is 113 cm³/mol. The Labute approximate surface area is 172 Å². The lowest BCUT2D eigenvalue weighted by molar-refractivity contribution is -0.0721. The number of aliphatic hydroxyl groups excluding tert-OH is 3. The molecule has 0 aliphatic carbocycles. The maximum Gasteiger partial charge on any atom is 0.154 e. The van der Waals surface area contributed by atoms with Crippen molar-refractivity contribution in [3.8, 4) is 0 Å². The molecular weight excluding hydrogens is 356 g/mol. The van der Waals surface area contributed by atoms with Gasteiger partial charge >= 0.3 is 0 Å². The number of allylic oxidation sites excluding steroid dienone is 1. The third-order valence-corrected chi connectivity index (χ3v) is 5.54. The average molecular weight is 401 g/mol. The van der Waals surface area contributed by atoms with Gasteiger partial charge in [-0.1, -0.05) is 84.0 Å². The van der Waals surface area contributed by atoms with E-state index in [0.29, 0.717) is 0 Å². The zero-order chi connectivity index (χ0) is 20.5. The fraction of sp³-hybridized carbons (Fsp3) is 0.913. The molecule has 28 heavy (non-hydrogen) atoms. The second kappa shape index (κ2) is 17.3. The summed E-state index contributed by atoms with van der Waals surface area (Å²) in [5.41, 5.74) is 0. The van der Waals surface area contributed by atoms with E-state index in [-0.39, 0.29) is 6.61 Å². The fourth-order valence-electron chi connectivity index (χ4n) is 3.71. The third kappa shape index (κ3) is 11.4. The SMILES string of the molecule is CCCCCCCCCCCCCCC/C=C/O[C@@H]1[C@H]([C@@H](O)CO)OC[C@H]1O. The molecule has 0 saturated carbocycles. The van der Waals surface area contributed by atoms with Crippen molar-refractivity contribution >= 4 is 0 Å². The van der Waals surface area contributed by atoms with Gasteiger partial charge in [0.1, 0.15) is 18.3 Å². The van der Waals surface area contributed by atoms with Crippen LogP contribution >= 0.6 is 0 Å². The van der Waals surface area contributed by atoms with E-state index in [1.54, 1.807) is 6.26 Å². The highest BCUT2D eigenvalue weighted by Gasteiger charge is 2.41.